The van der Waals surface area contributed by atoms with Gasteiger partial charge in [0.05, 0.1) is 14.2 Å². The zero-order valence-electron chi connectivity index (χ0n) is 15.4. The number of hydrogen-bond donors (Lipinski definition) is 1. The maximum atomic E-state index is 12.2. The molecule has 0 saturated carbocycles. The zero-order chi connectivity index (χ0) is 18.9. The normalized spacial score (nSPS) is 10.3. The summed E-state index contributed by atoms with van der Waals surface area (Å²) in [6, 6.07) is 13.4. The van der Waals surface area contributed by atoms with E-state index in [-0.39, 0.29) is 6.03 Å². The van der Waals surface area contributed by atoms with Crippen LogP contribution in [0.2, 0.25) is 5.02 Å². The van der Waals surface area contributed by atoms with E-state index < -0.39 is 0 Å². The minimum absolute atomic E-state index is 0.0839. The Bertz CT molecular complexity index is 719. The molecule has 0 unspecified atom stereocenters. The number of methoxy groups -OCH3 is 2. The molecule has 0 saturated heterocycles. The van der Waals surface area contributed by atoms with Crippen molar-refractivity contribution in [3.05, 3.63) is 58.6 Å². The number of urea groups is 1. The summed E-state index contributed by atoms with van der Waals surface area (Å²) in [6.45, 7) is 1.20. The minimum Gasteiger partial charge on any atom is -0.493 e. The number of rotatable bonds is 8. The second-order valence-corrected chi connectivity index (χ2v) is 6.41. The van der Waals surface area contributed by atoms with Gasteiger partial charge in [-0.05, 0) is 48.2 Å². The van der Waals surface area contributed by atoms with Crippen molar-refractivity contribution in [1.82, 2.24) is 10.2 Å². The molecule has 0 fully saturated rings. The quantitative estimate of drug-likeness (QED) is 0.762. The molecule has 2 rings (SSSR count). The lowest BCUT2D eigenvalue weighted by molar-refractivity contribution is 0.209. The van der Waals surface area contributed by atoms with Crippen LogP contribution in [0.15, 0.2) is 42.5 Å². The Labute approximate surface area is 159 Å². The van der Waals surface area contributed by atoms with Crippen LogP contribution in [-0.4, -0.2) is 45.3 Å². The van der Waals surface area contributed by atoms with Crippen LogP contribution in [0.5, 0.6) is 11.5 Å². The monoisotopic (exact) mass is 376 g/mol. The summed E-state index contributed by atoms with van der Waals surface area (Å²) >= 11 is 5.87. The Balaban J connectivity index is 1.77. The maximum Gasteiger partial charge on any atom is 0.317 e. The Hall–Kier alpha value is -2.40. The lowest BCUT2D eigenvalue weighted by Gasteiger charge is -2.18. The van der Waals surface area contributed by atoms with Crippen LogP contribution in [-0.2, 0) is 12.8 Å². The van der Waals surface area contributed by atoms with Gasteiger partial charge in [-0.3, -0.25) is 0 Å². The molecule has 5 nitrogen and oxygen atoms in total. The van der Waals surface area contributed by atoms with Gasteiger partial charge in [0, 0.05) is 25.2 Å². The lowest BCUT2D eigenvalue weighted by atomic mass is 10.1. The van der Waals surface area contributed by atoms with Crippen LogP contribution in [0.3, 0.4) is 0 Å². The van der Waals surface area contributed by atoms with E-state index >= 15 is 0 Å². The van der Waals surface area contributed by atoms with Crippen molar-refractivity contribution >= 4 is 17.6 Å². The molecule has 0 heterocycles. The average Bonchev–Trinajstić information content (AvgIpc) is 2.67. The third kappa shape index (κ3) is 5.85. The van der Waals surface area contributed by atoms with Crippen molar-refractivity contribution in [2.24, 2.45) is 0 Å². The summed E-state index contributed by atoms with van der Waals surface area (Å²) in [5, 5.41) is 3.65. The van der Waals surface area contributed by atoms with Crippen LogP contribution >= 0.6 is 11.6 Å². The molecule has 0 aliphatic heterocycles. The fourth-order valence-electron chi connectivity index (χ4n) is 2.53. The van der Waals surface area contributed by atoms with Gasteiger partial charge in [-0.2, -0.15) is 0 Å². The van der Waals surface area contributed by atoms with Crippen molar-refractivity contribution in [3.63, 3.8) is 0 Å². The maximum absolute atomic E-state index is 12.2. The first-order valence-electron chi connectivity index (χ1n) is 8.47. The molecule has 140 valence electrons. The highest BCUT2D eigenvalue weighted by molar-refractivity contribution is 6.30. The molecule has 6 heteroatoms. The first-order chi connectivity index (χ1) is 12.5. The van der Waals surface area contributed by atoms with Gasteiger partial charge in [0.15, 0.2) is 11.5 Å². The van der Waals surface area contributed by atoms with Crippen LogP contribution < -0.4 is 14.8 Å². The fraction of sp³-hybridized carbons (Fsp3) is 0.350. The average molecular weight is 377 g/mol. The van der Waals surface area contributed by atoms with Gasteiger partial charge in [0.2, 0.25) is 0 Å². The Kier molecular flexibility index (Phi) is 7.60. The highest BCUT2D eigenvalue weighted by Gasteiger charge is 2.09. The Morgan fingerprint density at radius 2 is 1.65 bits per heavy atom. The standard InChI is InChI=1S/C20H25ClN2O3/c1-23(13-11-16-6-9-18(25-2)19(14-16)26-3)20(24)22-12-10-15-4-7-17(21)8-5-15/h4-9,14H,10-13H2,1-3H3,(H,22,24). The van der Waals surface area contributed by atoms with Gasteiger partial charge in [0.1, 0.15) is 0 Å². The number of halogens is 1. The molecule has 2 amide bonds. The van der Waals surface area contributed by atoms with Gasteiger partial charge in [0.25, 0.3) is 0 Å². The topological polar surface area (TPSA) is 50.8 Å². The van der Waals surface area contributed by atoms with E-state index in [1.54, 1.807) is 26.2 Å². The van der Waals surface area contributed by atoms with Crippen molar-refractivity contribution in [1.29, 1.82) is 0 Å². The van der Waals surface area contributed by atoms with Gasteiger partial charge >= 0.3 is 6.03 Å². The number of benzene rings is 2. The number of carbonyl (C=O) groups is 1. The predicted molar refractivity (Wildman–Crippen MR) is 104 cm³/mol. The van der Waals surface area contributed by atoms with Crippen molar-refractivity contribution < 1.29 is 14.3 Å². The third-order valence-electron chi connectivity index (χ3n) is 4.13. The van der Waals surface area contributed by atoms with Crippen molar-refractivity contribution in [2.45, 2.75) is 12.8 Å². The molecule has 0 aliphatic carbocycles. The van der Waals surface area contributed by atoms with E-state index in [0.29, 0.717) is 29.6 Å². The van der Waals surface area contributed by atoms with Gasteiger partial charge in [-0.1, -0.05) is 29.8 Å². The molecule has 0 aromatic heterocycles. The molecule has 0 bridgehead atoms. The Morgan fingerprint density at radius 1 is 1.00 bits per heavy atom. The zero-order valence-corrected chi connectivity index (χ0v) is 16.2. The van der Waals surface area contributed by atoms with E-state index in [0.717, 1.165) is 24.0 Å². The van der Waals surface area contributed by atoms with Crippen molar-refractivity contribution in [2.75, 3.05) is 34.4 Å². The number of nitrogens with one attached hydrogen (secondary N) is 1. The van der Waals surface area contributed by atoms with Crippen molar-refractivity contribution in [3.8, 4) is 11.5 Å². The summed E-state index contributed by atoms with van der Waals surface area (Å²) < 4.78 is 10.5. The smallest absolute Gasteiger partial charge is 0.317 e. The summed E-state index contributed by atoms with van der Waals surface area (Å²) in [6.07, 6.45) is 1.51. The van der Waals surface area contributed by atoms with E-state index in [2.05, 4.69) is 5.32 Å². The SMILES string of the molecule is COc1ccc(CCN(C)C(=O)NCCc2ccc(Cl)cc2)cc1OC. The van der Waals surface area contributed by atoms with Gasteiger partial charge in [-0.15, -0.1) is 0 Å². The molecule has 2 aromatic rings. The third-order valence-corrected chi connectivity index (χ3v) is 4.39. The minimum atomic E-state index is -0.0839. The molecule has 26 heavy (non-hydrogen) atoms. The molecule has 0 atom stereocenters. The molecule has 0 radical (unpaired) electrons. The number of hydrogen-bond acceptors (Lipinski definition) is 3. The highest BCUT2D eigenvalue weighted by atomic mass is 35.5. The molecule has 0 aliphatic rings. The van der Waals surface area contributed by atoms with E-state index in [1.807, 2.05) is 42.5 Å². The van der Waals surface area contributed by atoms with Crippen LogP contribution in [0, 0.1) is 0 Å². The molecular formula is C20H25ClN2O3. The largest absolute Gasteiger partial charge is 0.493 e. The number of nitrogens with zero attached hydrogens (tertiary/aromatic N) is 1. The van der Waals surface area contributed by atoms with Crippen LogP contribution in [0.25, 0.3) is 0 Å². The summed E-state index contributed by atoms with van der Waals surface area (Å²) in [5.41, 5.74) is 2.23. The first kappa shape index (κ1) is 19.9. The number of amides is 2. The second-order valence-electron chi connectivity index (χ2n) is 5.97. The molecule has 0 spiro atoms. The van der Waals surface area contributed by atoms with E-state index in [1.165, 1.54) is 0 Å². The summed E-state index contributed by atoms with van der Waals surface area (Å²) in [4.78, 5) is 13.9. The molecular weight excluding hydrogens is 352 g/mol. The number of carbonyl (C=O) groups excluding carboxylic acids is 1. The fourth-order valence-corrected chi connectivity index (χ4v) is 2.66. The summed E-state index contributed by atoms with van der Waals surface area (Å²) in [5.74, 6) is 1.39. The number of likely N-dealkylation sites (N-methyl/N-ethyl adjacent to an activating group) is 1. The van der Waals surface area contributed by atoms with E-state index in [9.17, 15) is 4.79 Å². The molecule has 1 N–H and O–H groups in total. The van der Waals surface area contributed by atoms with Gasteiger partial charge in [-0.25, -0.2) is 4.79 Å². The Morgan fingerprint density at radius 3 is 2.31 bits per heavy atom. The highest BCUT2D eigenvalue weighted by Crippen LogP contribution is 2.27. The van der Waals surface area contributed by atoms with E-state index in [4.69, 9.17) is 21.1 Å². The first-order valence-corrected chi connectivity index (χ1v) is 8.85. The van der Waals surface area contributed by atoms with Crippen LogP contribution in [0.4, 0.5) is 4.79 Å². The predicted octanol–water partition coefficient (Wildman–Crippen LogP) is 3.78. The second kappa shape index (κ2) is 9.92. The van der Waals surface area contributed by atoms with Gasteiger partial charge < -0.3 is 19.7 Å². The summed E-state index contributed by atoms with van der Waals surface area (Å²) in [7, 11) is 5.01. The lowest BCUT2D eigenvalue weighted by Crippen LogP contribution is -2.39. The van der Waals surface area contributed by atoms with Crippen LogP contribution in [0.1, 0.15) is 11.1 Å². The number of ether oxygens (including phenoxy) is 2. The molecule has 2 aromatic carbocycles.